The van der Waals surface area contributed by atoms with Gasteiger partial charge in [-0.15, -0.1) is 5.92 Å². The third-order valence-corrected chi connectivity index (χ3v) is 6.34. The van der Waals surface area contributed by atoms with Crippen molar-refractivity contribution in [1.29, 1.82) is 0 Å². The van der Waals surface area contributed by atoms with E-state index in [9.17, 15) is 9.90 Å². The van der Waals surface area contributed by atoms with Crippen molar-refractivity contribution in [3.8, 4) is 17.6 Å². The van der Waals surface area contributed by atoms with E-state index in [1.807, 2.05) is 42.5 Å². The van der Waals surface area contributed by atoms with E-state index in [0.717, 1.165) is 27.7 Å². The molecule has 9 nitrogen and oxygen atoms in total. The first-order chi connectivity index (χ1) is 17.9. The smallest absolute Gasteiger partial charge is 0.411 e. The van der Waals surface area contributed by atoms with Crippen LogP contribution >= 0.6 is 11.6 Å². The molecule has 4 rings (SSSR count). The number of carbonyl (C=O) groups is 1. The number of halogens is 1. The van der Waals surface area contributed by atoms with E-state index in [1.54, 1.807) is 11.8 Å². The Morgan fingerprint density at radius 2 is 2.14 bits per heavy atom. The summed E-state index contributed by atoms with van der Waals surface area (Å²) in [4.78, 5) is 18.2. The summed E-state index contributed by atoms with van der Waals surface area (Å²) in [7, 11) is 0. The molecule has 0 fully saturated rings. The molecule has 194 valence electrons. The fourth-order valence-corrected chi connectivity index (χ4v) is 4.64. The van der Waals surface area contributed by atoms with Crippen LogP contribution in [-0.4, -0.2) is 58.5 Å². The predicted molar refractivity (Wildman–Crippen MR) is 143 cm³/mol. The number of hydrogen-bond donors (Lipinski definition) is 4. The fraction of sp³-hybridized carbons (Fsp3) is 0.296. The molecule has 1 aliphatic rings. The summed E-state index contributed by atoms with van der Waals surface area (Å²) in [6.45, 7) is 2.43. The number of aromatic amines is 1. The number of H-pyrrole nitrogens is 1. The predicted octanol–water partition coefficient (Wildman–Crippen LogP) is 3.27. The number of hydrogen-bond acceptors (Lipinski definition) is 7. The number of nitrogens with one attached hydrogen (secondary N) is 1. The van der Waals surface area contributed by atoms with Crippen molar-refractivity contribution in [3.05, 3.63) is 76.7 Å². The highest BCUT2D eigenvalue weighted by Gasteiger charge is 2.35. The lowest BCUT2D eigenvalue weighted by Gasteiger charge is -2.35. The van der Waals surface area contributed by atoms with Gasteiger partial charge in [0.05, 0.1) is 6.54 Å². The molecule has 2 unspecified atom stereocenters. The van der Waals surface area contributed by atoms with Crippen LogP contribution in [0.2, 0.25) is 5.02 Å². The van der Waals surface area contributed by atoms with Crippen molar-refractivity contribution in [2.45, 2.75) is 25.5 Å². The van der Waals surface area contributed by atoms with Gasteiger partial charge in [-0.05, 0) is 54.8 Å². The van der Waals surface area contributed by atoms with Gasteiger partial charge in [0.2, 0.25) is 0 Å². The quantitative estimate of drug-likeness (QED) is 0.202. The fourth-order valence-electron chi connectivity index (χ4n) is 4.46. The Kier molecular flexibility index (Phi) is 8.46. The molecule has 3 aromatic rings. The van der Waals surface area contributed by atoms with E-state index in [1.165, 1.54) is 17.4 Å². The maximum absolute atomic E-state index is 13.0. The Labute approximate surface area is 220 Å². The number of carbonyl (C=O) groups excluding carboxylic acids is 1. The number of nitrogens with two attached hydrogens (primary N) is 2. The zero-order valence-electron chi connectivity index (χ0n) is 20.5. The maximum atomic E-state index is 13.0. The minimum Gasteiger partial charge on any atom is -0.491 e. The highest BCUT2D eigenvalue weighted by Crippen LogP contribution is 2.39. The molecule has 2 atom stereocenters. The van der Waals surface area contributed by atoms with Crippen molar-refractivity contribution >= 4 is 28.6 Å². The molecule has 1 aliphatic heterocycles. The molecule has 2 aromatic carbocycles. The second kappa shape index (κ2) is 11.9. The van der Waals surface area contributed by atoms with Gasteiger partial charge in [0.1, 0.15) is 24.5 Å². The number of hydrazine groups is 1. The molecule has 1 amide bonds. The van der Waals surface area contributed by atoms with Crippen LogP contribution in [0.15, 0.2) is 54.9 Å². The number of aromatic nitrogens is 1. The molecule has 0 aliphatic carbocycles. The van der Waals surface area contributed by atoms with Crippen LogP contribution in [0.4, 0.5) is 4.79 Å². The summed E-state index contributed by atoms with van der Waals surface area (Å²) < 4.78 is 11.1. The van der Waals surface area contributed by atoms with Crippen LogP contribution in [0.5, 0.6) is 5.75 Å². The van der Waals surface area contributed by atoms with Crippen LogP contribution in [-0.2, 0) is 11.2 Å². The molecule has 0 bridgehead atoms. The monoisotopic (exact) mass is 523 g/mol. The molecule has 37 heavy (non-hydrogen) atoms. The molecule has 0 saturated carbocycles. The third-order valence-electron chi connectivity index (χ3n) is 6.11. The van der Waals surface area contributed by atoms with E-state index >= 15 is 0 Å². The number of nitrogens with zero attached hydrogens (tertiary/aromatic N) is 2. The normalized spacial score (nSPS) is 15.7. The van der Waals surface area contributed by atoms with Gasteiger partial charge in [-0.2, -0.15) is 0 Å². The Morgan fingerprint density at radius 1 is 1.35 bits per heavy atom. The number of aliphatic hydroxyl groups is 1. The zero-order valence-corrected chi connectivity index (χ0v) is 21.2. The zero-order chi connectivity index (χ0) is 26.4. The lowest BCUT2D eigenvalue weighted by atomic mass is 9.92. The number of rotatable bonds is 8. The number of benzene rings is 2. The topological polar surface area (TPSA) is 130 Å². The van der Waals surface area contributed by atoms with Crippen LogP contribution in [0, 0.1) is 11.8 Å². The second-order valence-corrected chi connectivity index (χ2v) is 9.04. The van der Waals surface area contributed by atoms with Gasteiger partial charge in [0.15, 0.2) is 6.61 Å². The first-order valence-electron chi connectivity index (χ1n) is 11.8. The lowest BCUT2D eigenvalue weighted by Crippen LogP contribution is -2.41. The van der Waals surface area contributed by atoms with E-state index in [-0.39, 0.29) is 19.8 Å². The number of fused-ring (bicyclic) bond motifs is 3. The molecule has 0 saturated heterocycles. The summed E-state index contributed by atoms with van der Waals surface area (Å²) >= 11 is 6.27. The van der Waals surface area contributed by atoms with Gasteiger partial charge >= 0.3 is 6.09 Å². The van der Waals surface area contributed by atoms with Crippen LogP contribution in [0.25, 0.3) is 10.9 Å². The number of ether oxygens (including phenoxy) is 2. The summed E-state index contributed by atoms with van der Waals surface area (Å²) in [5, 5.41) is 13.1. The number of aliphatic hydroxyl groups excluding tert-OH is 1. The Morgan fingerprint density at radius 3 is 2.86 bits per heavy atom. The van der Waals surface area contributed by atoms with Crippen molar-refractivity contribution in [2.24, 2.45) is 11.6 Å². The van der Waals surface area contributed by atoms with E-state index in [2.05, 4.69) is 16.8 Å². The first-order valence-corrected chi connectivity index (χ1v) is 12.2. The molecular formula is C27H30ClN5O4. The minimum absolute atomic E-state index is 0.0319. The van der Waals surface area contributed by atoms with Crippen molar-refractivity contribution in [1.82, 2.24) is 14.9 Å². The highest BCUT2D eigenvalue weighted by atomic mass is 35.5. The van der Waals surface area contributed by atoms with E-state index < -0.39 is 18.2 Å². The number of amides is 1. The van der Waals surface area contributed by atoms with Gasteiger partial charge < -0.3 is 30.3 Å². The average molecular weight is 524 g/mol. The molecule has 0 spiro atoms. The van der Waals surface area contributed by atoms with Crippen LogP contribution in [0.3, 0.4) is 0 Å². The summed E-state index contributed by atoms with van der Waals surface area (Å²) in [6, 6.07) is 12.8. The third kappa shape index (κ3) is 6.12. The summed E-state index contributed by atoms with van der Waals surface area (Å²) in [6.07, 6.45) is 2.17. The van der Waals surface area contributed by atoms with Crippen LogP contribution in [0.1, 0.15) is 29.8 Å². The van der Waals surface area contributed by atoms with Gasteiger partial charge in [-0.1, -0.05) is 29.7 Å². The minimum atomic E-state index is -0.809. The Hall–Kier alpha value is -3.84. The Balaban J connectivity index is 1.58. The molecule has 6 N–H and O–H groups in total. The van der Waals surface area contributed by atoms with Crippen molar-refractivity contribution in [3.63, 3.8) is 0 Å². The highest BCUT2D eigenvalue weighted by molar-refractivity contribution is 6.31. The standard InChI is InChI=1S/C27H30ClN5O4/c1-2-3-14-36-27(35)33-12-10-22-23-15-19(28)6-9-24(23)31-25(22)26(33)18-4-7-21(8-5-18)37-17-20(34)16-32(30)13-11-29/h4-9,11,13,15,20,26,31,34H,10,12,14,16-17,29-30H2,1H3/b13-11-. The molecule has 10 heteroatoms. The molecule has 0 radical (unpaired) electrons. The maximum Gasteiger partial charge on any atom is 0.411 e. The molecular weight excluding hydrogens is 494 g/mol. The second-order valence-electron chi connectivity index (χ2n) is 8.61. The van der Waals surface area contributed by atoms with Gasteiger partial charge in [-0.25, -0.2) is 10.6 Å². The summed E-state index contributed by atoms with van der Waals surface area (Å²) in [5.74, 6) is 11.8. The van der Waals surface area contributed by atoms with E-state index in [0.29, 0.717) is 23.7 Å². The summed E-state index contributed by atoms with van der Waals surface area (Å²) in [5.41, 5.74) is 9.18. The van der Waals surface area contributed by atoms with Gasteiger partial charge in [0.25, 0.3) is 0 Å². The van der Waals surface area contributed by atoms with E-state index in [4.69, 9.17) is 32.7 Å². The van der Waals surface area contributed by atoms with Crippen molar-refractivity contribution < 1.29 is 19.4 Å². The molecule has 2 heterocycles. The van der Waals surface area contributed by atoms with Gasteiger partial charge in [0, 0.05) is 40.6 Å². The SMILES string of the molecule is CC#CCOC(=O)N1CCc2c([nH]c3ccc(Cl)cc23)C1c1ccc(OCC(O)CN(N)/C=C\N)cc1. The Bertz CT molecular complexity index is 1330. The largest absolute Gasteiger partial charge is 0.491 e. The van der Waals surface area contributed by atoms with Crippen molar-refractivity contribution in [2.75, 3.05) is 26.3 Å². The van der Waals surface area contributed by atoms with Crippen LogP contribution < -0.4 is 16.3 Å². The van der Waals surface area contributed by atoms with Gasteiger partial charge in [-0.3, -0.25) is 4.90 Å². The molecule has 1 aromatic heterocycles. The first kappa shape index (κ1) is 26.2. The lowest BCUT2D eigenvalue weighted by molar-refractivity contribution is 0.0818. The average Bonchev–Trinajstić information content (AvgIpc) is 3.25.